The molecule has 0 fully saturated rings. The Morgan fingerprint density at radius 2 is 1.71 bits per heavy atom. The van der Waals surface area contributed by atoms with Crippen LogP contribution in [0.15, 0.2) is 42.5 Å². The van der Waals surface area contributed by atoms with E-state index < -0.39 is 5.82 Å². The molecule has 2 rings (SSSR count). The quantitative estimate of drug-likeness (QED) is 0.857. The van der Waals surface area contributed by atoms with Gasteiger partial charge in [-0.15, -0.1) is 0 Å². The average Bonchev–Trinajstić information content (AvgIpc) is 2.56. The van der Waals surface area contributed by atoms with Gasteiger partial charge in [-0.05, 0) is 49.2 Å². The zero-order chi connectivity index (χ0) is 17.5. The highest BCUT2D eigenvalue weighted by Crippen LogP contribution is 2.10. The third kappa shape index (κ3) is 5.19. The third-order valence-corrected chi connectivity index (χ3v) is 3.72. The van der Waals surface area contributed by atoms with Crippen molar-refractivity contribution in [3.63, 3.8) is 0 Å². The Hall–Kier alpha value is -2.69. The van der Waals surface area contributed by atoms with Crippen molar-refractivity contribution < 1.29 is 14.0 Å². The summed E-state index contributed by atoms with van der Waals surface area (Å²) in [5.74, 6) is -0.843. The van der Waals surface area contributed by atoms with Gasteiger partial charge in [-0.1, -0.05) is 23.8 Å². The third-order valence-electron chi connectivity index (χ3n) is 3.72. The van der Waals surface area contributed by atoms with Crippen molar-refractivity contribution in [2.75, 3.05) is 6.54 Å². The van der Waals surface area contributed by atoms with Crippen LogP contribution in [-0.2, 0) is 11.3 Å². The fourth-order valence-corrected chi connectivity index (χ4v) is 2.27. The first-order valence-corrected chi connectivity index (χ1v) is 7.82. The second kappa shape index (κ2) is 8.24. The first-order valence-electron chi connectivity index (χ1n) is 7.82. The van der Waals surface area contributed by atoms with Gasteiger partial charge in [-0.3, -0.25) is 9.59 Å². The molecule has 0 aliphatic heterocycles. The lowest BCUT2D eigenvalue weighted by molar-refractivity contribution is -0.121. The van der Waals surface area contributed by atoms with Crippen LogP contribution in [0.5, 0.6) is 0 Å². The van der Waals surface area contributed by atoms with Crippen molar-refractivity contribution in [3.8, 4) is 0 Å². The van der Waals surface area contributed by atoms with Gasteiger partial charge in [0.2, 0.25) is 5.91 Å². The molecular weight excluding hydrogens is 307 g/mol. The van der Waals surface area contributed by atoms with E-state index in [1.54, 1.807) is 0 Å². The van der Waals surface area contributed by atoms with Crippen LogP contribution in [0.3, 0.4) is 0 Å². The molecule has 0 saturated carbocycles. The van der Waals surface area contributed by atoms with Gasteiger partial charge in [-0.25, -0.2) is 4.39 Å². The van der Waals surface area contributed by atoms with Gasteiger partial charge >= 0.3 is 0 Å². The van der Waals surface area contributed by atoms with Gasteiger partial charge < -0.3 is 10.6 Å². The molecule has 126 valence electrons. The lowest BCUT2D eigenvalue weighted by atomic mass is 10.1. The molecule has 0 atom stereocenters. The number of hydrogen-bond acceptors (Lipinski definition) is 2. The monoisotopic (exact) mass is 328 g/mol. The number of halogens is 1. The summed E-state index contributed by atoms with van der Waals surface area (Å²) in [6, 6.07) is 11.4. The van der Waals surface area contributed by atoms with Gasteiger partial charge in [0.15, 0.2) is 0 Å². The SMILES string of the molecule is Cc1ccc(C)c(CNC(=O)CCNC(=O)c2ccc(F)cc2)c1. The summed E-state index contributed by atoms with van der Waals surface area (Å²) in [4.78, 5) is 23.7. The number of aryl methyl sites for hydroxylation is 2. The summed E-state index contributed by atoms with van der Waals surface area (Å²) in [5.41, 5.74) is 3.73. The Morgan fingerprint density at radius 1 is 1.00 bits per heavy atom. The molecular formula is C19H21FN2O2. The number of carbonyl (C=O) groups excluding carboxylic acids is 2. The maximum atomic E-state index is 12.8. The van der Waals surface area contributed by atoms with E-state index >= 15 is 0 Å². The Bertz CT molecular complexity index is 727. The van der Waals surface area contributed by atoms with Crippen molar-refractivity contribution in [1.29, 1.82) is 0 Å². The maximum absolute atomic E-state index is 12.8. The molecule has 2 aromatic rings. The van der Waals surface area contributed by atoms with Crippen molar-refractivity contribution in [3.05, 3.63) is 70.5 Å². The van der Waals surface area contributed by atoms with E-state index in [1.807, 2.05) is 32.0 Å². The number of benzene rings is 2. The lowest BCUT2D eigenvalue weighted by Gasteiger charge is -2.09. The van der Waals surface area contributed by atoms with Gasteiger partial charge in [0.05, 0.1) is 0 Å². The molecule has 0 heterocycles. The average molecular weight is 328 g/mol. The topological polar surface area (TPSA) is 58.2 Å². The van der Waals surface area contributed by atoms with E-state index in [0.29, 0.717) is 12.1 Å². The van der Waals surface area contributed by atoms with Crippen LogP contribution in [0.1, 0.15) is 33.5 Å². The molecule has 4 nitrogen and oxygen atoms in total. The standard InChI is InChI=1S/C19H21FN2O2/c1-13-3-4-14(2)16(11-13)12-22-18(23)9-10-21-19(24)15-5-7-17(20)8-6-15/h3-8,11H,9-10,12H2,1-2H3,(H,21,24)(H,22,23). The minimum absolute atomic E-state index is 0.129. The van der Waals surface area contributed by atoms with Gasteiger partial charge in [0, 0.05) is 25.1 Å². The molecule has 0 bridgehead atoms. The van der Waals surface area contributed by atoms with E-state index in [1.165, 1.54) is 24.3 Å². The number of rotatable bonds is 6. The summed E-state index contributed by atoms with van der Waals surface area (Å²) in [5, 5.41) is 5.49. The van der Waals surface area contributed by atoms with Crippen LogP contribution in [0.2, 0.25) is 0 Å². The van der Waals surface area contributed by atoms with E-state index in [4.69, 9.17) is 0 Å². The summed E-state index contributed by atoms with van der Waals surface area (Å²) >= 11 is 0. The fraction of sp³-hybridized carbons (Fsp3) is 0.263. The second-order valence-corrected chi connectivity index (χ2v) is 5.72. The summed E-state index contributed by atoms with van der Waals surface area (Å²) in [6.45, 7) is 4.71. The first kappa shape index (κ1) is 17.7. The molecule has 0 aliphatic rings. The first-order chi connectivity index (χ1) is 11.5. The van der Waals surface area contributed by atoms with Crippen LogP contribution in [-0.4, -0.2) is 18.4 Å². The Kier molecular flexibility index (Phi) is 6.07. The van der Waals surface area contributed by atoms with Crippen LogP contribution in [0.4, 0.5) is 4.39 Å². The number of nitrogens with one attached hydrogen (secondary N) is 2. The smallest absolute Gasteiger partial charge is 0.251 e. The van der Waals surface area contributed by atoms with Crippen molar-refractivity contribution >= 4 is 11.8 Å². The van der Waals surface area contributed by atoms with Crippen LogP contribution < -0.4 is 10.6 Å². The molecule has 0 unspecified atom stereocenters. The number of amides is 2. The van der Waals surface area contributed by atoms with Crippen LogP contribution >= 0.6 is 0 Å². The molecule has 0 aliphatic carbocycles. The normalized spacial score (nSPS) is 10.3. The van der Waals surface area contributed by atoms with E-state index in [0.717, 1.165) is 16.7 Å². The molecule has 2 N–H and O–H groups in total. The molecule has 0 spiro atoms. The summed E-state index contributed by atoms with van der Waals surface area (Å²) in [6.07, 6.45) is 0.192. The largest absolute Gasteiger partial charge is 0.352 e. The van der Waals surface area contributed by atoms with Crippen molar-refractivity contribution in [2.24, 2.45) is 0 Å². The van der Waals surface area contributed by atoms with E-state index in [2.05, 4.69) is 10.6 Å². The van der Waals surface area contributed by atoms with E-state index in [9.17, 15) is 14.0 Å². The lowest BCUT2D eigenvalue weighted by Crippen LogP contribution is -2.30. The van der Waals surface area contributed by atoms with Gasteiger partial charge in [-0.2, -0.15) is 0 Å². The predicted octanol–water partition coefficient (Wildman–Crippen LogP) is 2.88. The van der Waals surface area contributed by atoms with Gasteiger partial charge in [0.25, 0.3) is 5.91 Å². The highest BCUT2D eigenvalue weighted by molar-refractivity contribution is 5.94. The molecule has 0 radical (unpaired) electrons. The number of carbonyl (C=O) groups is 2. The predicted molar refractivity (Wildman–Crippen MR) is 91.1 cm³/mol. The Morgan fingerprint density at radius 3 is 2.42 bits per heavy atom. The van der Waals surface area contributed by atoms with Crippen LogP contribution in [0.25, 0.3) is 0 Å². The minimum Gasteiger partial charge on any atom is -0.352 e. The molecule has 0 saturated heterocycles. The van der Waals surface area contributed by atoms with Crippen LogP contribution in [0, 0.1) is 19.7 Å². The zero-order valence-electron chi connectivity index (χ0n) is 13.9. The fourth-order valence-electron chi connectivity index (χ4n) is 2.27. The molecule has 2 amide bonds. The van der Waals surface area contributed by atoms with Crippen molar-refractivity contribution in [2.45, 2.75) is 26.8 Å². The zero-order valence-corrected chi connectivity index (χ0v) is 13.9. The Balaban J connectivity index is 1.74. The maximum Gasteiger partial charge on any atom is 0.251 e. The molecule has 5 heteroatoms. The minimum atomic E-state index is -0.391. The molecule has 24 heavy (non-hydrogen) atoms. The van der Waals surface area contributed by atoms with E-state index in [-0.39, 0.29) is 24.8 Å². The Labute approximate surface area is 141 Å². The molecule has 2 aromatic carbocycles. The second-order valence-electron chi connectivity index (χ2n) is 5.72. The van der Waals surface area contributed by atoms with Gasteiger partial charge in [0.1, 0.15) is 5.82 Å². The summed E-state index contributed by atoms with van der Waals surface area (Å²) < 4.78 is 12.8. The molecule has 0 aromatic heterocycles. The van der Waals surface area contributed by atoms with Crippen molar-refractivity contribution in [1.82, 2.24) is 10.6 Å². The highest BCUT2D eigenvalue weighted by atomic mass is 19.1. The highest BCUT2D eigenvalue weighted by Gasteiger charge is 2.07. The number of hydrogen-bond donors (Lipinski definition) is 2. The summed E-state index contributed by atoms with van der Waals surface area (Å²) in [7, 11) is 0.